The SMILES string of the molecule is Cc1ccc(C(=O)C(C)Oc2ccc(Br)cc2)cc1. The molecule has 0 saturated heterocycles. The van der Waals surface area contributed by atoms with Gasteiger partial charge in [-0.2, -0.15) is 0 Å². The number of Topliss-reactive ketones (excluding diaryl/α,β-unsaturated/α-hetero) is 1. The fraction of sp³-hybridized carbons (Fsp3) is 0.188. The van der Waals surface area contributed by atoms with E-state index in [4.69, 9.17) is 4.74 Å². The third-order valence-corrected chi connectivity index (χ3v) is 3.36. The lowest BCUT2D eigenvalue weighted by atomic mass is 10.1. The topological polar surface area (TPSA) is 26.3 Å². The van der Waals surface area contributed by atoms with Crippen LogP contribution in [0.25, 0.3) is 0 Å². The standard InChI is InChI=1S/C16H15BrO2/c1-11-3-5-13(6-4-11)16(18)12(2)19-15-9-7-14(17)8-10-15/h3-10,12H,1-2H3. The minimum atomic E-state index is -0.496. The highest BCUT2D eigenvalue weighted by Gasteiger charge is 2.16. The monoisotopic (exact) mass is 318 g/mol. The second kappa shape index (κ2) is 6.02. The van der Waals surface area contributed by atoms with E-state index in [-0.39, 0.29) is 5.78 Å². The lowest BCUT2D eigenvalue weighted by Crippen LogP contribution is -2.23. The number of hydrogen-bond acceptors (Lipinski definition) is 2. The number of halogens is 1. The molecule has 0 amide bonds. The van der Waals surface area contributed by atoms with Crippen LogP contribution in [0.1, 0.15) is 22.8 Å². The molecule has 0 aliphatic rings. The fourth-order valence-electron chi connectivity index (χ4n) is 1.72. The molecule has 0 bridgehead atoms. The summed E-state index contributed by atoms with van der Waals surface area (Å²) in [6.07, 6.45) is -0.496. The van der Waals surface area contributed by atoms with Crippen molar-refractivity contribution in [1.82, 2.24) is 0 Å². The Morgan fingerprint density at radius 1 is 1.05 bits per heavy atom. The predicted octanol–water partition coefficient (Wildman–Crippen LogP) is 4.41. The van der Waals surface area contributed by atoms with Gasteiger partial charge in [0.25, 0.3) is 0 Å². The first-order valence-corrected chi connectivity index (χ1v) is 6.88. The lowest BCUT2D eigenvalue weighted by Gasteiger charge is -2.13. The molecule has 0 N–H and O–H groups in total. The molecule has 2 nitrogen and oxygen atoms in total. The molecule has 2 aromatic rings. The number of hydrogen-bond donors (Lipinski definition) is 0. The molecule has 19 heavy (non-hydrogen) atoms. The number of carbonyl (C=O) groups excluding carboxylic acids is 1. The smallest absolute Gasteiger partial charge is 0.202 e. The molecular weight excluding hydrogens is 304 g/mol. The Kier molecular flexibility index (Phi) is 4.38. The summed E-state index contributed by atoms with van der Waals surface area (Å²) < 4.78 is 6.63. The van der Waals surface area contributed by atoms with E-state index in [1.54, 1.807) is 6.92 Å². The summed E-state index contributed by atoms with van der Waals surface area (Å²) in [4.78, 5) is 12.2. The Balaban J connectivity index is 2.07. The number of aryl methyl sites for hydroxylation is 1. The van der Waals surface area contributed by atoms with Crippen molar-refractivity contribution in [1.29, 1.82) is 0 Å². The lowest BCUT2D eigenvalue weighted by molar-refractivity contribution is 0.0818. The van der Waals surface area contributed by atoms with Crippen LogP contribution < -0.4 is 4.74 Å². The van der Waals surface area contributed by atoms with E-state index < -0.39 is 6.10 Å². The summed E-state index contributed by atoms with van der Waals surface area (Å²) in [6, 6.07) is 15.0. The van der Waals surface area contributed by atoms with Gasteiger partial charge in [0.2, 0.25) is 5.78 Å². The van der Waals surface area contributed by atoms with Crippen LogP contribution in [0, 0.1) is 6.92 Å². The van der Waals surface area contributed by atoms with Gasteiger partial charge in [-0.05, 0) is 38.1 Å². The minimum Gasteiger partial charge on any atom is -0.483 e. The molecular formula is C16H15BrO2. The van der Waals surface area contributed by atoms with E-state index in [0.717, 1.165) is 10.0 Å². The van der Waals surface area contributed by atoms with Crippen molar-refractivity contribution in [2.24, 2.45) is 0 Å². The molecule has 0 fully saturated rings. The van der Waals surface area contributed by atoms with Crippen LogP contribution in [0.4, 0.5) is 0 Å². The van der Waals surface area contributed by atoms with Gasteiger partial charge in [0.15, 0.2) is 6.10 Å². The van der Waals surface area contributed by atoms with Gasteiger partial charge in [0.05, 0.1) is 0 Å². The van der Waals surface area contributed by atoms with Gasteiger partial charge in [-0.3, -0.25) is 4.79 Å². The second-order valence-electron chi connectivity index (χ2n) is 4.44. The van der Waals surface area contributed by atoms with Crippen molar-refractivity contribution in [3.63, 3.8) is 0 Å². The maximum absolute atomic E-state index is 12.2. The van der Waals surface area contributed by atoms with Crippen LogP contribution in [0.2, 0.25) is 0 Å². The number of benzene rings is 2. The van der Waals surface area contributed by atoms with E-state index in [1.165, 1.54) is 0 Å². The van der Waals surface area contributed by atoms with Crippen molar-refractivity contribution >= 4 is 21.7 Å². The quantitative estimate of drug-likeness (QED) is 0.781. The zero-order valence-corrected chi connectivity index (χ0v) is 12.5. The average molecular weight is 319 g/mol. The van der Waals surface area contributed by atoms with Gasteiger partial charge in [0.1, 0.15) is 5.75 Å². The summed E-state index contributed by atoms with van der Waals surface area (Å²) in [5.41, 5.74) is 1.81. The van der Waals surface area contributed by atoms with E-state index in [2.05, 4.69) is 15.9 Å². The van der Waals surface area contributed by atoms with E-state index in [0.29, 0.717) is 11.3 Å². The Bertz CT molecular complexity index is 558. The molecule has 3 heteroatoms. The number of ether oxygens (including phenoxy) is 1. The number of rotatable bonds is 4. The highest BCUT2D eigenvalue weighted by Crippen LogP contribution is 2.18. The molecule has 0 spiro atoms. The van der Waals surface area contributed by atoms with Crippen molar-refractivity contribution in [2.75, 3.05) is 0 Å². The third-order valence-electron chi connectivity index (χ3n) is 2.83. The van der Waals surface area contributed by atoms with Gasteiger partial charge >= 0.3 is 0 Å². The van der Waals surface area contributed by atoms with Gasteiger partial charge in [-0.1, -0.05) is 45.8 Å². The van der Waals surface area contributed by atoms with E-state index >= 15 is 0 Å². The molecule has 0 aliphatic carbocycles. The number of ketones is 1. The Hall–Kier alpha value is -1.61. The molecule has 0 aliphatic heterocycles. The maximum atomic E-state index is 12.2. The third kappa shape index (κ3) is 3.67. The van der Waals surface area contributed by atoms with E-state index in [9.17, 15) is 4.79 Å². The van der Waals surface area contributed by atoms with Crippen LogP contribution in [0.5, 0.6) is 5.75 Å². The maximum Gasteiger partial charge on any atom is 0.202 e. The summed E-state index contributed by atoms with van der Waals surface area (Å²) in [5.74, 6) is 0.680. The van der Waals surface area contributed by atoms with Crippen molar-refractivity contribution in [3.8, 4) is 5.75 Å². The second-order valence-corrected chi connectivity index (χ2v) is 5.36. The summed E-state index contributed by atoms with van der Waals surface area (Å²) >= 11 is 3.36. The van der Waals surface area contributed by atoms with Crippen LogP contribution in [0.15, 0.2) is 53.0 Å². The largest absolute Gasteiger partial charge is 0.483 e. The van der Waals surface area contributed by atoms with Crippen molar-refractivity contribution in [3.05, 3.63) is 64.1 Å². The molecule has 2 rings (SSSR count). The van der Waals surface area contributed by atoms with Gasteiger partial charge in [-0.25, -0.2) is 0 Å². The zero-order valence-electron chi connectivity index (χ0n) is 10.9. The van der Waals surface area contributed by atoms with Crippen LogP contribution in [0.3, 0.4) is 0 Å². The predicted molar refractivity (Wildman–Crippen MR) is 79.7 cm³/mol. The van der Waals surface area contributed by atoms with Crippen molar-refractivity contribution < 1.29 is 9.53 Å². The molecule has 1 unspecified atom stereocenters. The summed E-state index contributed by atoms with van der Waals surface area (Å²) in [7, 11) is 0. The normalized spacial score (nSPS) is 11.9. The summed E-state index contributed by atoms with van der Waals surface area (Å²) in [6.45, 7) is 3.76. The summed E-state index contributed by atoms with van der Waals surface area (Å²) in [5, 5.41) is 0. The molecule has 98 valence electrons. The Morgan fingerprint density at radius 2 is 1.63 bits per heavy atom. The van der Waals surface area contributed by atoms with Gasteiger partial charge in [0, 0.05) is 10.0 Å². The van der Waals surface area contributed by atoms with Gasteiger partial charge in [-0.15, -0.1) is 0 Å². The number of carbonyl (C=O) groups is 1. The van der Waals surface area contributed by atoms with Crippen LogP contribution in [-0.4, -0.2) is 11.9 Å². The average Bonchev–Trinajstić information content (AvgIpc) is 2.41. The van der Waals surface area contributed by atoms with Crippen molar-refractivity contribution in [2.45, 2.75) is 20.0 Å². The molecule has 0 radical (unpaired) electrons. The Labute approximate surface area is 121 Å². The molecule has 0 saturated carbocycles. The first-order chi connectivity index (χ1) is 9.06. The zero-order chi connectivity index (χ0) is 13.8. The fourth-order valence-corrected chi connectivity index (χ4v) is 1.99. The molecule has 0 heterocycles. The first kappa shape index (κ1) is 13.8. The Morgan fingerprint density at radius 3 is 2.21 bits per heavy atom. The minimum absolute atomic E-state index is 0.0112. The van der Waals surface area contributed by atoms with Gasteiger partial charge < -0.3 is 4.74 Å². The van der Waals surface area contributed by atoms with Crippen LogP contribution in [-0.2, 0) is 0 Å². The van der Waals surface area contributed by atoms with E-state index in [1.807, 2.05) is 55.5 Å². The highest BCUT2D eigenvalue weighted by atomic mass is 79.9. The first-order valence-electron chi connectivity index (χ1n) is 6.09. The molecule has 2 aromatic carbocycles. The van der Waals surface area contributed by atoms with Crippen LogP contribution >= 0.6 is 15.9 Å². The molecule has 0 aromatic heterocycles. The molecule has 1 atom stereocenters. The highest BCUT2D eigenvalue weighted by molar-refractivity contribution is 9.10.